The van der Waals surface area contributed by atoms with Gasteiger partial charge in [0.1, 0.15) is 5.01 Å². The molecule has 0 atom stereocenters. The zero-order chi connectivity index (χ0) is 20.9. The van der Waals surface area contributed by atoms with Gasteiger partial charge in [-0.25, -0.2) is 9.97 Å². The van der Waals surface area contributed by atoms with Crippen molar-refractivity contribution in [2.45, 2.75) is 26.8 Å². The molecular formula is C22H25N5OS2. The number of carbonyl (C=O) groups is 1. The highest BCUT2D eigenvalue weighted by Gasteiger charge is 2.15. The predicted octanol–water partition coefficient (Wildman–Crippen LogP) is 4.74. The van der Waals surface area contributed by atoms with Gasteiger partial charge in [-0.3, -0.25) is 10.1 Å². The van der Waals surface area contributed by atoms with E-state index in [2.05, 4.69) is 38.6 Å². The normalized spacial score (nSPS) is 11.4. The number of rotatable bonds is 9. The molecule has 0 fully saturated rings. The first kappa shape index (κ1) is 20.7. The molecule has 0 saturated carbocycles. The Balaban J connectivity index is 1.50. The number of benzene rings is 1. The van der Waals surface area contributed by atoms with E-state index in [0.29, 0.717) is 5.95 Å². The smallest absolute Gasteiger partial charge is 0.232 e. The maximum Gasteiger partial charge on any atom is 0.232 e. The van der Waals surface area contributed by atoms with Crippen molar-refractivity contribution >= 4 is 45.6 Å². The van der Waals surface area contributed by atoms with Crippen LogP contribution in [-0.2, 0) is 17.8 Å². The first-order chi connectivity index (χ1) is 14.7. The molecule has 4 rings (SSSR count). The van der Waals surface area contributed by atoms with Crippen LogP contribution in [0.5, 0.6) is 0 Å². The van der Waals surface area contributed by atoms with E-state index < -0.39 is 0 Å². The van der Waals surface area contributed by atoms with Crippen molar-refractivity contribution in [3.63, 3.8) is 0 Å². The summed E-state index contributed by atoms with van der Waals surface area (Å²) in [6.07, 6.45) is 0.237. The van der Waals surface area contributed by atoms with Crippen LogP contribution in [0.15, 0.2) is 47.2 Å². The van der Waals surface area contributed by atoms with Crippen molar-refractivity contribution in [1.29, 1.82) is 0 Å². The van der Waals surface area contributed by atoms with E-state index >= 15 is 0 Å². The number of hydrogen-bond donors (Lipinski definition) is 1. The average molecular weight is 440 g/mol. The SMILES string of the molecule is CCN(CC)CCn1c(NC(=O)Cc2csc(-c3cccs3)n2)nc2ccccc21. The second-order valence-corrected chi connectivity index (χ2v) is 8.75. The van der Waals surface area contributed by atoms with Gasteiger partial charge in [0.2, 0.25) is 11.9 Å². The maximum atomic E-state index is 12.7. The molecule has 0 aliphatic carbocycles. The van der Waals surface area contributed by atoms with Crippen LogP contribution in [0.2, 0.25) is 0 Å². The Kier molecular flexibility index (Phi) is 6.56. The van der Waals surface area contributed by atoms with Crippen molar-refractivity contribution in [3.8, 4) is 9.88 Å². The summed E-state index contributed by atoms with van der Waals surface area (Å²) in [7, 11) is 0. The predicted molar refractivity (Wildman–Crippen MR) is 125 cm³/mol. The lowest BCUT2D eigenvalue weighted by molar-refractivity contribution is -0.115. The van der Waals surface area contributed by atoms with Gasteiger partial charge in [-0.05, 0) is 36.7 Å². The molecule has 0 bridgehead atoms. The first-order valence-electron chi connectivity index (χ1n) is 10.1. The first-order valence-corrected chi connectivity index (χ1v) is 11.9. The number of thiophene rings is 1. The molecule has 0 saturated heterocycles. The molecule has 0 aliphatic heterocycles. The molecular weight excluding hydrogens is 414 g/mol. The Morgan fingerprint density at radius 2 is 1.93 bits per heavy atom. The average Bonchev–Trinajstić information content (AvgIpc) is 3.49. The Bertz CT molecular complexity index is 1110. The number of hydrogen-bond acceptors (Lipinski definition) is 6. The number of likely N-dealkylation sites (N-methyl/N-ethyl adjacent to an activating group) is 1. The molecule has 3 heterocycles. The van der Waals surface area contributed by atoms with Crippen molar-refractivity contribution in [3.05, 3.63) is 52.9 Å². The monoisotopic (exact) mass is 439 g/mol. The number of nitrogens with zero attached hydrogens (tertiary/aromatic N) is 4. The number of fused-ring (bicyclic) bond motifs is 1. The number of amides is 1. The molecule has 30 heavy (non-hydrogen) atoms. The van der Waals surface area contributed by atoms with Crippen LogP contribution in [0, 0.1) is 0 Å². The van der Waals surface area contributed by atoms with Crippen molar-refractivity contribution in [2.75, 3.05) is 25.0 Å². The highest BCUT2D eigenvalue weighted by Crippen LogP contribution is 2.28. The van der Waals surface area contributed by atoms with Crippen molar-refractivity contribution < 1.29 is 4.79 Å². The van der Waals surface area contributed by atoms with Gasteiger partial charge >= 0.3 is 0 Å². The Morgan fingerprint density at radius 1 is 1.10 bits per heavy atom. The third-order valence-corrected chi connectivity index (χ3v) is 7.00. The molecule has 1 aromatic carbocycles. The Hall–Kier alpha value is -2.55. The maximum absolute atomic E-state index is 12.7. The molecule has 0 spiro atoms. The number of imidazole rings is 1. The van der Waals surface area contributed by atoms with Gasteiger partial charge in [0.15, 0.2) is 0 Å². The van der Waals surface area contributed by atoms with Crippen LogP contribution in [0.3, 0.4) is 0 Å². The van der Waals surface area contributed by atoms with Gasteiger partial charge < -0.3 is 9.47 Å². The largest absolute Gasteiger partial charge is 0.309 e. The fourth-order valence-electron chi connectivity index (χ4n) is 3.41. The summed E-state index contributed by atoms with van der Waals surface area (Å²) in [4.78, 5) is 25.5. The van der Waals surface area contributed by atoms with Gasteiger partial charge in [0, 0.05) is 18.5 Å². The lowest BCUT2D eigenvalue weighted by Gasteiger charge is -2.19. The summed E-state index contributed by atoms with van der Waals surface area (Å²) in [5.74, 6) is 0.500. The molecule has 0 unspecified atom stereocenters. The summed E-state index contributed by atoms with van der Waals surface area (Å²) < 4.78 is 2.10. The van der Waals surface area contributed by atoms with Crippen LogP contribution >= 0.6 is 22.7 Å². The highest BCUT2D eigenvalue weighted by atomic mass is 32.1. The summed E-state index contributed by atoms with van der Waals surface area (Å²) >= 11 is 3.23. The number of aromatic nitrogens is 3. The standard InChI is InChI=1S/C22H25N5OS2/c1-3-26(4-2)11-12-27-18-9-6-5-8-17(18)24-22(27)25-20(28)14-16-15-30-21(23-16)19-10-7-13-29-19/h5-10,13,15H,3-4,11-12,14H2,1-2H3,(H,24,25,28). The molecule has 3 aromatic heterocycles. The van der Waals surface area contributed by atoms with E-state index in [4.69, 9.17) is 0 Å². The molecule has 4 aromatic rings. The van der Waals surface area contributed by atoms with Crippen LogP contribution in [-0.4, -0.2) is 45.0 Å². The van der Waals surface area contributed by atoms with Crippen LogP contribution in [0.1, 0.15) is 19.5 Å². The number of anilines is 1. The number of nitrogens with one attached hydrogen (secondary N) is 1. The lowest BCUT2D eigenvalue weighted by atomic mass is 10.3. The minimum atomic E-state index is -0.0996. The minimum absolute atomic E-state index is 0.0996. The molecule has 6 nitrogen and oxygen atoms in total. The topological polar surface area (TPSA) is 63.0 Å². The van der Waals surface area contributed by atoms with Crippen LogP contribution in [0.4, 0.5) is 5.95 Å². The zero-order valence-corrected chi connectivity index (χ0v) is 18.8. The third kappa shape index (κ3) is 4.61. The molecule has 1 amide bonds. The fourth-order valence-corrected chi connectivity index (χ4v) is 5.05. The number of para-hydroxylation sites is 2. The summed E-state index contributed by atoms with van der Waals surface area (Å²) in [5.41, 5.74) is 2.71. The molecule has 8 heteroatoms. The van der Waals surface area contributed by atoms with Gasteiger partial charge in [0.25, 0.3) is 0 Å². The quantitative estimate of drug-likeness (QED) is 0.409. The van der Waals surface area contributed by atoms with Gasteiger partial charge in [-0.1, -0.05) is 32.0 Å². The Labute approximate surface area is 184 Å². The number of thiazole rings is 1. The lowest BCUT2D eigenvalue weighted by Crippen LogP contribution is -2.28. The fraction of sp³-hybridized carbons (Fsp3) is 0.318. The van der Waals surface area contributed by atoms with Gasteiger partial charge in [-0.15, -0.1) is 22.7 Å². The van der Waals surface area contributed by atoms with E-state index in [9.17, 15) is 4.79 Å². The van der Waals surface area contributed by atoms with E-state index in [-0.39, 0.29) is 12.3 Å². The summed E-state index contributed by atoms with van der Waals surface area (Å²) in [6, 6.07) is 12.1. The zero-order valence-electron chi connectivity index (χ0n) is 17.2. The van der Waals surface area contributed by atoms with Crippen molar-refractivity contribution in [1.82, 2.24) is 19.4 Å². The molecule has 156 valence electrons. The van der Waals surface area contributed by atoms with E-state index in [0.717, 1.165) is 52.8 Å². The number of carbonyl (C=O) groups excluding carboxylic acids is 1. The van der Waals surface area contributed by atoms with E-state index in [1.807, 2.05) is 47.2 Å². The molecule has 1 N–H and O–H groups in total. The molecule has 0 radical (unpaired) electrons. The summed E-state index contributed by atoms with van der Waals surface area (Å²) in [5, 5.41) is 7.96. The summed E-state index contributed by atoms with van der Waals surface area (Å²) in [6.45, 7) is 8.01. The Morgan fingerprint density at radius 3 is 2.70 bits per heavy atom. The minimum Gasteiger partial charge on any atom is -0.309 e. The van der Waals surface area contributed by atoms with Crippen molar-refractivity contribution in [2.24, 2.45) is 0 Å². The van der Waals surface area contributed by atoms with Gasteiger partial charge in [0.05, 0.1) is 28.0 Å². The van der Waals surface area contributed by atoms with E-state index in [1.165, 1.54) is 0 Å². The van der Waals surface area contributed by atoms with E-state index in [1.54, 1.807) is 22.7 Å². The second-order valence-electron chi connectivity index (χ2n) is 6.95. The van der Waals surface area contributed by atoms with Crippen LogP contribution in [0.25, 0.3) is 20.9 Å². The van der Waals surface area contributed by atoms with Gasteiger partial charge in [-0.2, -0.15) is 0 Å². The second kappa shape index (κ2) is 9.51. The van der Waals surface area contributed by atoms with Crippen LogP contribution < -0.4 is 5.32 Å². The highest BCUT2D eigenvalue weighted by molar-refractivity contribution is 7.20. The third-order valence-electron chi connectivity index (χ3n) is 5.07. The molecule has 0 aliphatic rings.